The standard InChI is InChI=1S/C16H13ClF2N2/c17-8-7-16-20-14-9-12(18)5-6-15(14)21(16)10-11-3-1-2-4-13(11)19/h1-6,9H,7-8,10H2. The Morgan fingerprint density at radius 1 is 1.10 bits per heavy atom. The molecule has 1 heterocycles. The molecule has 0 spiro atoms. The quantitative estimate of drug-likeness (QED) is 0.662. The Hall–Kier alpha value is -1.94. The molecule has 0 amide bonds. The minimum atomic E-state index is -0.338. The van der Waals surface area contributed by atoms with E-state index < -0.39 is 0 Å². The summed E-state index contributed by atoms with van der Waals surface area (Å²) in [5.74, 6) is 0.533. The van der Waals surface area contributed by atoms with Gasteiger partial charge in [-0.15, -0.1) is 11.6 Å². The van der Waals surface area contributed by atoms with Gasteiger partial charge in [-0.25, -0.2) is 13.8 Å². The SMILES string of the molecule is Fc1ccc2c(c1)nc(CCCl)n2Cc1ccccc1F. The number of fused-ring (bicyclic) bond motifs is 1. The second kappa shape index (κ2) is 5.82. The van der Waals surface area contributed by atoms with Crippen molar-refractivity contribution in [2.45, 2.75) is 13.0 Å². The van der Waals surface area contributed by atoms with Gasteiger partial charge >= 0.3 is 0 Å². The van der Waals surface area contributed by atoms with Crippen molar-refractivity contribution in [1.29, 1.82) is 0 Å². The Kier molecular flexibility index (Phi) is 3.88. The van der Waals surface area contributed by atoms with Crippen LogP contribution in [0, 0.1) is 11.6 Å². The number of hydrogen-bond donors (Lipinski definition) is 0. The number of hydrogen-bond acceptors (Lipinski definition) is 1. The molecule has 0 N–H and O–H groups in total. The summed E-state index contributed by atoms with van der Waals surface area (Å²) in [6.45, 7) is 0.348. The zero-order valence-electron chi connectivity index (χ0n) is 11.2. The molecule has 0 atom stereocenters. The average Bonchev–Trinajstić information content (AvgIpc) is 2.79. The molecule has 0 saturated heterocycles. The van der Waals surface area contributed by atoms with Gasteiger partial charge in [0.25, 0.3) is 0 Å². The van der Waals surface area contributed by atoms with Gasteiger partial charge in [-0.05, 0) is 18.2 Å². The van der Waals surface area contributed by atoms with Crippen LogP contribution >= 0.6 is 11.6 Å². The fraction of sp³-hybridized carbons (Fsp3) is 0.188. The van der Waals surface area contributed by atoms with E-state index in [0.717, 1.165) is 11.3 Å². The molecule has 0 aliphatic rings. The zero-order valence-corrected chi connectivity index (χ0v) is 11.9. The summed E-state index contributed by atoms with van der Waals surface area (Å²) in [6, 6.07) is 11.0. The molecule has 0 unspecified atom stereocenters. The van der Waals surface area contributed by atoms with E-state index in [9.17, 15) is 8.78 Å². The van der Waals surface area contributed by atoms with Crippen molar-refractivity contribution in [2.24, 2.45) is 0 Å². The van der Waals surface area contributed by atoms with Crippen molar-refractivity contribution in [3.8, 4) is 0 Å². The van der Waals surface area contributed by atoms with Gasteiger partial charge in [0, 0.05) is 23.9 Å². The molecule has 3 rings (SSSR count). The molecule has 2 nitrogen and oxygen atoms in total. The summed E-state index contributed by atoms with van der Waals surface area (Å²) in [5.41, 5.74) is 1.91. The summed E-state index contributed by atoms with van der Waals surface area (Å²) in [7, 11) is 0. The molecule has 108 valence electrons. The molecule has 0 bridgehead atoms. The lowest BCUT2D eigenvalue weighted by Gasteiger charge is -2.09. The van der Waals surface area contributed by atoms with Crippen LogP contribution in [0.2, 0.25) is 0 Å². The first kappa shape index (κ1) is 14.0. The maximum atomic E-state index is 13.8. The molecule has 0 aliphatic heterocycles. The maximum Gasteiger partial charge on any atom is 0.128 e. The topological polar surface area (TPSA) is 17.8 Å². The third-order valence-electron chi connectivity index (χ3n) is 3.39. The highest BCUT2D eigenvalue weighted by molar-refractivity contribution is 6.17. The predicted octanol–water partition coefficient (Wildman–Crippen LogP) is 4.14. The Balaban J connectivity index is 2.11. The van der Waals surface area contributed by atoms with E-state index in [0.29, 0.717) is 29.9 Å². The average molecular weight is 307 g/mol. The number of nitrogens with zero attached hydrogens (tertiary/aromatic N) is 2. The number of alkyl halides is 1. The van der Waals surface area contributed by atoms with Crippen LogP contribution in [0.15, 0.2) is 42.5 Å². The first-order valence-corrected chi connectivity index (χ1v) is 7.16. The highest BCUT2D eigenvalue weighted by Crippen LogP contribution is 2.20. The Morgan fingerprint density at radius 2 is 1.90 bits per heavy atom. The van der Waals surface area contributed by atoms with E-state index in [-0.39, 0.29) is 11.6 Å². The minimum absolute atomic E-state index is 0.265. The first-order valence-electron chi connectivity index (χ1n) is 6.63. The van der Waals surface area contributed by atoms with Crippen LogP contribution in [-0.4, -0.2) is 15.4 Å². The summed E-state index contributed by atoms with van der Waals surface area (Å²) < 4.78 is 29.0. The second-order valence-corrected chi connectivity index (χ2v) is 5.16. The molecule has 0 fully saturated rings. The molecule has 0 radical (unpaired) electrons. The van der Waals surface area contributed by atoms with Crippen molar-refractivity contribution in [1.82, 2.24) is 9.55 Å². The number of aryl methyl sites for hydroxylation is 1. The molecule has 0 saturated carbocycles. The second-order valence-electron chi connectivity index (χ2n) is 4.78. The monoisotopic (exact) mass is 306 g/mol. The van der Waals surface area contributed by atoms with E-state index in [4.69, 9.17) is 11.6 Å². The van der Waals surface area contributed by atoms with Gasteiger partial charge in [0.2, 0.25) is 0 Å². The van der Waals surface area contributed by atoms with Crippen molar-refractivity contribution in [2.75, 3.05) is 5.88 Å². The van der Waals surface area contributed by atoms with Crippen LogP contribution in [0.5, 0.6) is 0 Å². The van der Waals surface area contributed by atoms with Gasteiger partial charge < -0.3 is 4.57 Å². The van der Waals surface area contributed by atoms with E-state index in [1.807, 2.05) is 4.57 Å². The van der Waals surface area contributed by atoms with E-state index in [2.05, 4.69) is 4.98 Å². The number of rotatable bonds is 4. The van der Waals surface area contributed by atoms with Gasteiger partial charge in [-0.2, -0.15) is 0 Å². The van der Waals surface area contributed by atoms with Gasteiger partial charge in [0.05, 0.1) is 17.6 Å². The highest BCUT2D eigenvalue weighted by atomic mass is 35.5. The van der Waals surface area contributed by atoms with Gasteiger partial charge in [0.15, 0.2) is 0 Å². The fourth-order valence-electron chi connectivity index (χ4n) is 2.40. The number of benzene rings is 2. The van der Waals surface area contributed by atoms with Crippen LogP contribution < -0.4 is 0 Å². The maximum absolute atomic E-state index is 13.8. The molecule has 5 heteroatoms. The first-order chi connectivity index (χ1) is 10.2. The molecule has 0 aliphatic carbocycles. The third kappa shape index (κ3) is 2.76. The smallest absolute Gasteiger partial charge is 0.128 e. The Bertz CT molecular complexity index is 783. The Labute approximate surface area is 126 Å². The molecular weight excluding hydrogens is 294 g/mol. The molecule has 2 aromatic carbocycles. The van der Waals surface area contributed by atoms with E-state index >= 15 is 0 Å². The van der Waals surface area contributed by atoms with Crippen molar-refractivity contribution < 1.29 is 8.78 Å². The highest BCUT2D eigenvalue weighted by Gasteiger charge is 2.13. The minimum Gasteiger partial charge on any atom is -0.323 e. The van der Waals surface area contributed by atoms with Gasteiger partial charge in [0.1, 0.15) is 17.5 Å². The molecule has 21 heavy (non-hydrogen) atoms. The Morgan fingerprint density at radius 3 is 2.67 bits per heavy atom. The lowest BCUT2D eigenvalue weighted by molar-refractivity contribution is 0.597. The van der Waals surface area contributed by atoms with Crippen molar-refractivity contribution in [3.63, 3.8) is 0 Å². The number of halogens is 3. The van der Waals surface area contributed by atoms with Crippen LogP contribution in [0.3, 0.4) is 0 Å². The molecule has 3 aromatic rings. The van der Waals surface area contributed by atoms with E-state index in [1.54, 1.807) is 24.3 Å². The normalized spacial score (nSPS) is 11.2. The van der Waals surface area contributed by atoms with Crippen molar-refractivity contribution >= 4 is 22.6 Å². The van der Waals surface area contributed by atoms with Crippen LogP contribution in [-0.2, 0) is 13.0 Å². The van der Waals surface area contributed by atoms with Crippen molar-refractivity contribution in [3.05, 3.63) is 65.5 Å². The van der Waals surface area contributed by atoms with Gasteiger partial charge in [-0.1, -0.05) is 18.2 Å². The summed E-state index contributed by atoms with van der Waals surface area (Å²) >= 11 is 5.80. The van der Waals surface area contributed by atoms with Crippen LogP contribution in [0.1, 0.15) is 11.4 Å². The van der Waals surface area contributed by atoms with E-state index in [1.165, 1.54) is 18.2 Å². The predicted molar refractivity (Wildman–Crippen MR) is 79.6 cm³/mol. The number of imidazole rings is 1. The van der Waals surface area contributed by atoms with Crippen LogP contribution in [0.4, 0.5) is 8.78 Å². The number of aromatic nitrogens is 2. The van der Waals surface area contributed by atoms with Gasteiger partial charge in [-0.3, -0.25) is 0 Å². The lowest BCUT2D eigenvalue weighted by Crippen LogP contribution is -2.07. The molecule has 1 aromatic heterocycles. The third-order valence-corrected chi connectivity index (χ3v) is 3.58. The summed E-state index contributed by atoms with van der Waals surface area (Å²) in [4.78, 5) is 4.41. The fourth-order valence-corrected chi connectivity index (χ4v) is 2.57. The summed E-state index contributed by atoms with van der Waals surface area (Å²) in [5, 5.41) is 0. The lowest BCUT2D eigenvalue weighted by atomic mass is 10.2. The van der Waals surface area contributed by atoms with Crippen LogP contribution in [0.25, 0.3) is 11.0 Å². The molecular formula is C16H13ClF2N2. The zero-order chi connectivity index (χ0) is 14.8. The largest absolute Gasteiger partial charge is 0.323 e. The summed E-state index contributed by atoms with van der Waals surface area (Å²) in [6.07, 6.45) is 0.548.